The number of para-hydroxylation sites is 2. The molecule has 0 unspecified atom stereocenters. The van der Waals surface area contributed by atoms with Crippen molar-refractivity contribution in [2.24, 2.45) is 7.05 Å². The number of ether oxygens (including phenoxy) is 1. The number of nitriles is 1. The van der Waals surface area contributed by atoms with Gasteiger partial charge in [0, 0.05) is 7.05 Å². The minimum absolute atomic E-state index is 0.0625. The van der Waals surface area contributed by atoms with Crippen molar-refractivity contribution in [2.45, 2.75) is 12.8 Å². The number of hydrogen-bond acceptors (Lipinski definition) is 6. The Kier molecular flexibility index (Phi) is 4.63. The number of fused-ring (bicyclic) bond motifs is 1. The molecule has 0 amide bonds. The van der Waals surface area contributed by atoms with Crippen LogP contribution in [0.5, 0.6) is 0 Å². The lowest BCUT2D eigenvalue weighted by Gasteiger charge is -2.10. The lowest BCUT2D eigenvalue weighted by molar-refractivity contribution is 0.0519. The van der Waals surface area contributed by atoms with Crippen molar-refractivity contribution >= 4 is 28.6 Å². The molecule has 8 heteroatoms. The summed E-state index contributed by atoms with van der Waals surface area (Å²) in [6.45, 7) is 1.88. The zero-order valence-electron chi connectivity index (χ0n) is 13.6. The van der Waals surface area contributed by atoms with E-state index in [9.17, 15) is 10.1 Å². The third-order valence-corrected chi connectivity index (χ3v) is 3.98. The number of aromatic nitrogens is 4. The second-order valence-corrected chi connectivity index (χ2v) is 5.63. The number of imidazole rings is 1. The van der Waals surface area contributed by atoms with Crippen molar-refractivity contribution in [3.05, 3.63) is 52.8 Å². The number of carbonyl (C=O) groups is 1. The van der Waals surface area contributed by atoms with E-state index < -0.39 is 11.9 Å². The highest BCUT2D eigenvalue weighted by atomic mass is 35.5. The number of hydrogen-bond donors (Lipinski definition) is 0. The molecule has 0 aliphatic carbocycles. The van der Waals surface area contributed by atoms with E-state index in [4.69, 9.17) is 16.3 Å². The van der Waals surface area contributed by atoms with Crippen LogP contribution in [0.3, 0.4) is 0 Å². The van der Waals surface area contributed by atoms with Crippen LogP contribution in [0, 0.1) is 11.3 Å². The SMILES string of the molecule is CCOC(=O)c1nc([C@@H](C#N)c2nc3ccccc3n2C)ncc1Cl. The van der Waals surface area contributed by atoms with E-state index in [1.807, 2.05) is 35.9 Å². The van der Waals surface area contributed by atoms with Gasteiger partial charge in [0.05, 0.1) is 34.9 Å². The minimum atomic E-state index is -0.845. The van der Waals surface area contributed by atoms with Gasteiger partial charge >= 0.3 is 5.97 Å². The average molecular weight is 356 g/mol. The van der Waals surface area contributed by atoms with Crippen LogP contribution >= 0.6 is 11.6 Å². The third-order valence-electron chi connectivity index (χ3n) is 3.70. The Morgan fingerprint density at radius 3 is 2.84 bits per heavy atom. The summed E-state index contributed by atoms with van der Waals surface area (Å²) in [6.07, 6.45) is 1.29. The maximum Gasteiger partial charge on any atom is 0.358 e. The molecule has 25 heavy (non-hydrogen) atoms. The molecule has 0 aliphatic rings. The second kappa shape index (κ2) is 6.87. The van der Waals surface area contributed by atoms with E-state index in [1.54, 1.807) is 6.92 Å². The fourth-order valence-electron chi connectivity index (χ4n) is 2.52. The van der Waals surface area contributed by atoms with Crippen molar-refractivity contribution < 1.29 is 9.53 Å². The topological polar surface area (TPSA) is 93.7 Å². The Balaban J connectivity index is 2.09. The van der Waals surface area contributed by atoms with Gasteiger partial charge in [-0.15, -0.1) is 0 Å². The summed E-state index contributed by atoms with van der Waals surface area (Å²) in [5.74, 6) is -0.866. The predicted octanol–water partition coefficient (Wildman–Crippen LogP) is 2.85. The molecule has 0 spiro atoms. The van der Waals surface area contributed by atoms with Crippen LogP contribution in [0.15, 0.2) is 30.5 Å². The molecule has 0 bridgehead atoms. The molecular weight excluding hydrogens is 342 g/mol. The molecule has 3 aromatic rings. The number of rotatable bonds is 4. The van der Waals surface area contributed by atoms with E-state index in [-0.39, 0.29) is 23.1 Å². The molecule has 0 saturated heterocycles. The fourth-order valence-corrected chi connectivity index (χ4v) is 2.68. The summed E-state index contributed by atoms with van der Waals surface area (Å²) in [4.78, 5) is 24.7. The number of carbonyl (C=O) groups excluding carboxylic acids is 1. The second-order valence-electron chi connectivity index (χ2n) is 5.23. The van der Waals surface area contributed by atoms with Crippen molar-refractivity contribution in [2.75, 3.05) is 6.61 Å². The lowest BCUT2D eigenvalue weighted by atomic mass is 10.1. The Morgan fingerprint density at radius 2 is 2.16 bits per heavy atom. The highest BCUT2D eigenvalue weighted by Gasteiger charge is 2.25. The van der Waals surface area contributed by atoms with Crippen LogP contribution in [-0.4, -0.2) is 32.1 Å². The van der Waals surface area contributed by atoms with Crippen molar-refractivity contribution in [1.82, 2.24) is 19.5 Å². The van der Waals surface area contributed by atoms with Crippen LogP contribution in [0.25, 0.3) is 11.0 Å². The van der Waals surface area contributed by atoms with Crippen molar-refractivity contribution in [3.63, 3.8) is 0 Å². The number of aryl methyl sites for hydroxylation is 1. The minimum Gasteiger partial charge on any atom is -0.461 e. The van der Waals surface area contributed by atoms with Gasteiger partial charge in [0.2, 0.25) is 0 Å². The Bertz CT molecular complexity index is 992. The normalized spacial score (nSPS) is 11.9. The zero-order chi connectivity index (χ0) is 18.0. The van der Waals surface area contributed by atoms with Crippen molar-refractivity contribution in [1.29, 1.82) is 5.26 Å². The predicted molar refractivity (Wildman–Crippen MR) is 91.2 cm³/mol. The van der Waals surface area contributed by atoms with Gasteiger partial charge in [-0.2, -0.15) is 5.26 Å². The van der Waals surface area contributed by atoms with Gasteiger partial charge in [0.1, 0.15) is 5.82 Å². The van der Waals surface area contributed by atoms with Crippen molar-refractivity contribution in [3.8, 4) is 6.07 Å². The summed E-state index contributed by atoms with van der Waals surface area (Å²) in [5.41, 5.74) is 1.59. The van der Waals surface area contributed by atoms with Crippen LogP contribution in [0.1, 0.15) is 35.0 Å². The van der Waals surface area contributed by atoms with Gasteiger partial charge in [-0.1, -0.05) is 23.7 Å². The van der Waals surface area contributed by atoms with Gasteiger partial charge in [0.15, 0.2) is 17.4 Å². The van der Waals surface area contributed by atoms with Gasteiger partial charge < -0.3 is 9.30 Å². The Morgan fingerprint density at radius 1 is 1.40 bits per heavy atom. The molecule has 1 aromatic carbocycles. The molecule has 126 valence electrons. The molecule has 2 heterocycles. The average Bonchev–Trinajstić information content (AvgIpc) is 2.94. The summed E-state index contributed by atoms with van der Waals surface area (Å²) >= 11 is 5.99. The van der Waals surface area contributed by atoms with Gasteiger partial charge in [-0.25, -0.2) is 19.7 Å². The molecule has 0 N–H and O–H groups in total. The van der Waals surface area contributed by atoms with Gasteiger partial charge in [-0.05, 0) is 19.1 Å². The van der Waals surface area contributed by atoms with E-state index in [2.05, 4.69) is 21.0 Å². The first-order valence-corrected chi connectivity index (χ1v) is 7.95. The summed E-state index contributed by atoms with van der Waals surface area (Å²) < 4.78 is 6.75. The molecular formula is C17H14ClN5O2. The van der Waals surface area contributed by atoms with E-state index >= 15 is 0 Å². The van der Waals surface area contributed by atoms with E-state index in [0.717, 1.165) is 11.0 Å². The van der Waals surface area contributed by atoms with Crippen LogP contribution in [0.2, 0.25) is 5.02 Å². The quantitative estimate of drug-likeness (QED) is 0.668. The molecule has 7 nitrogen and oxygen atoms in total. The lowest BCUT2D eigenvalue weighted by Crippen LogP contribution is -2.14. The fraction of sp³-hybridized carbons (Fsp3) is 0.235. The summed E-state index contributed by atoms with van der Waals surface area (Å²) in [6, 6.07) is 9.69. The number of nitrogens with zero attached hydrogens (tertiary/aromatic N) is 5. The van der Waals surface area contributed by atoms with E-state index in [1.165, 1.54) is 6.20 Å². The third kappa shape index (κ3) is 3.04. The molecule has 0 aliphatic heterocycles. The molecule has 1 atom stereocenters. The maximum atomic E-state index is 12.0. The number of benzene rings is 1. The number of esters is 1. The molecule has 0 saturated carbocycles. The van der Waals surface area contributed by atoms with Crippen LogP contribution < -0.4 is 0 Å². The van der Waals surface area contributed by atoms with Gasteiger partial charge in [0.25, 0.3) is 0 Å². The Labute approximate surface area is 148 Å². The number of halogens is 1. The largest absolute Gasteiger partial charge is 0.461 e. The Hall–Kier alpha value is -2.98. The first-order chi connectivity index (χ1) is 12.1. The van der Waals surface area contributed by atoms with Crippen LogP contribution in [0.4, 0.5) is 0 Å². The van der Waals surface area contributed by atoms with Crippen LogP contribution in [-0.2, 0) is 11.8 Å². The maximum absolute atomic E-state index is 12.0. The monoisotopic (exact) mass is 355 g/mol. The first kappa shape index (κ1) is 16.9. The molecule has 0 fully saturated rings. The standard InChI is InChI=1S/C17H14ClN5O2/c1-3-25-17(24)14-11(18)9-20-15(22-14)10(8-19)16-21-12-6-4-5-7-13(12)23(16)2/h4-7,9-10H,3H2,1-2H3/t10-/m1/s1. The molecule has 0 radical (unpaired) electrons. The first-order valence-electron chi connectivity index (χ1n) is 7.57. The summed E-state index contributed by atoms with van der Waals surface area (Å²) in [7, 11) is 1.82. The smallest absolute Gasteiger partial charge is 0.358 e. The molecule has 2 aromatic heterocycles. The highest BCUT2D eigenvalue weighted by molar-refractivity contribution is 6.33. The highest BCUT2D eigenvalue weighted by Crippen LogP contribution is 2.25. The van der Waals surface area contributed by atoms with E-state index in [0.29, 0.717) is 5.82 Å². The molecule has 3 rings (SSSR count). The zero-order valence-corrected chi connectivity index (χ0v) is 14.4. The van der Waals surface area contributed by atoms with Gasteiger partial charge in [-0.3, -0.25) is 0 Å². The summed E-state index contributed by atoms with van der Waals surface area (Å²) in [5, 5.41) is 9.73.